The Balaban J connectivity index is 1.19. The molecule has 8 aromatic carbocycles. The standard InChI is InChI=1S/C52H28N4O2/c1-2-17-32-29(14-1)30-15-3-8-22-38(30)55-39-23-9-4-16-31(39)37-28-41-46(47(32)50(37)55)33-18-5-10-24-40(33)56(41)52-53-48-35-20-7-12-26-43(35)58-51(48)49(54-52)36-21-13-27-44-45(36)34-19-6-11-25-42(34)57-44/h1-28H. The number of nitrogens with zero attached hydrogens (tertiary/aromatic N) is 4. The molecule has 0 N–H and O–H groups in total. The second-order valence-corrected chi connectivity index (χ2v) is 15.2. The van der Waals surface area contributed by atoms with E-state index in [4.69, 9.17) is 18.8 Å². The minimum absolute atomic E-state index is 0.575. The lowest BCUT2D eigenvalue weighted by Crippen LogP contribution is -2.03. The number of benzene rings is 8. The summed E-state index contributed by atoms with van der Waals surface area (Å²) in [5.74, 6) is 0.575. The molecule has 0 aliphatic carbocycles. The molecule has 6 heterocycles. The van der Waals surface area contributed by atoms with Crippen LogP contribution in [0.2, 0.25) is 0 Å². The third-order valence-electron chi connectivity index (χ3n) is 12.3. The highest BCUT2D eigenvalue weighted by atomic mass is 16.3. The molecule has 0 saturated carbocycles. The van der Waals surface area contributed by atoms with Crippen LogP contribution in [0.5, 0.6) is 0 Å². The van der Waals surface area contributed by atoms with Gasteiger partial charge in [-0.2, -0.15) is 0 Å². The lowest BCUT2D eigenvalue weighted by molar-refractivity contribution is 0.666. The summed E-state index contributed by atoms with van der Waals surface area (Å²) in [7, 11) is 0. The summed E-state index contributed by atoms with van der Waals surface area (Å²) in [6.07, 6.45) is 0. The maximum absolute atomic E-state index is 6.69. The monoisotopic (exact) mass is 740 g/mol. The topological polar surface area (TPSA) is 61.9 Å². The first-order chi connectivity index (χ1) is 28.8. The van der Waals surface area contributed by atoms with Crippen molar-refractivity contribution >= 4 is 87.6 Å². The molecule has 58 heavy (non-hydrogen) atoms. The molecule has 0 atom stereocenters. The minimum Gasteiger partial charge on any atom is -0.456 e. The molecule has 5 aromatic heterocycles. The smallest absolute Gasteiger partial charge is 0.236 e. The van der Waals surface area contributed by atoms with Crippen molar-refractivity contribution in [2.24, 2.45) is 0 Å². The number of rotatable bonds is 2. The van der Waals surface area contributed by atoms with Crippen molar-refractivity contribution in [1.29, 1.82) is 0 Å². The number of fused-ring (bicyclic) bond motifs is 18. The highest BCUT2D eigenvalue weighted by molar-refractivity contribution is 6.28. The number of hydrogen-bond acceptors (Lipinski definition) is 4. The summed E-state index contributed by atoms with van der Waals surface area (Å²) in [5, 5.41) is 7.65. The summed E-state index contributed by atoms with van der Waals surface area (Å²) in [6, 6.07) is 60.0. The molecule has 13 aromatic rings. The Hall–Kier alpha value is -7.96. The van der Waals surface area contributed by atoms with Crippen LogP contribution in [-0.4, -0.2) is 19.1 Å². The predicted molar refractivity (Wildman–Crippen MR) is 235 cm³/mol. The van der Waals surface area contributed by atoms with Crippen LogP contribution < -0.4 is 0 Å². The fourth-order valence-corrected chi connectivity index (χ4v) is 9.97. The summed E-state index contributed by atoms with van der Waals surface area (Å²) >= 11 is 0. The maximum atomic E-state index is 6.69. The normalized spacial score (nSPS) is 12.5. The van der Waals surface area contributed by atoms with Crippen molar-refractivity contribution in [3.63, 3.8) is 0 Å². The second-order valence-electron chi connectivity index (χ2n) is 15.2. The van der Waals surface area contributed by atoms with Gasteiger partial charge in [-0.1, -0.05) is 121 Å². The van der Waals surface area contributed by atoms with E-state index in [1.54, 1.807) is 0 Å². The largest absolute Gasteiger partial charge is 0.456 e. The number of para-hydroxylation sites is 5. The minimum atomic E-state index is 0.575. The van der Waals surface area contributed by atoms with E-state index in [0.717, 1.165) is 71.5 Å². The Morgan fingerprint density at radius 2 is 1.02 bits per heavy atom. The van der Waals surface area contributed by atoms with Gasteiger partial charge in [0.05, 0.1) is 27.8 Å². The van der Waals surface area contributed by atoms with Crippen molar-refractivity contribution < 1.29 is 8.83 Å². The highest BCUT2D eigenvalue weighted by Crippen LogP contribution is 2.52. The zero-order valence-corrected chi connectivity index (χ0v) is 30.8. The van der Waals surface area contributed by atoms with Gasteiger partial charge in [0, 0.05) is 54.4 Å². The summed E-state index contributed by atoms with van der Waals surface area (Å²) < 4.78 is 17.8. The lowest BCUT2D eigenvalue weighted by Gasteiger charge is -2.12. The van der Waals surface area contributed by atoms with Crippen LogP contribution >= 0.6 is 0 Å². The average Bonchev–Trinajstić information content (AvgIpc) is 4.01. The van der Waals surface area contributed by atoms with Crippen LogP contribution in [-0.2, 0) is 0 Å². The molecule has 0 saturated heterocycles. The molecule has 1 aliphatic heterocycles. The highest BCUT2D eigenvalue weighted by Gasteiger charge is 2.30. The molecule has 0 amide bonds. The molecular formula is C52H28N4O2. The first-order valence-corrected chi connectivity index (χ1v) is 19.6. The Kier molecular flexibility index (Phi) is 5.68. The van der Waals surface area contributed by atoms with Crippen LogP contribution in [0, 0.1) is 0 Å². The molecule has 0 radical (unpaired) electrons. The zero-order valence-electron chi connectivity index (χ0n) is 30.8. The third-order valence-corrected chi connectivity index (χ3v) is 12.3. The molecule has 0 bridgehead atoms. The Bertz CT molecular complexity index is 3930. The van der Waals surface area contributed by atoms with Gasteiger partial charge in [0.1, 0.15) is 28.0 Å². The fraction of sp³-hybridized carbons (Fsp3) is 0. The van der Waals surface area contributed by atoms with Gasteiger partial charge in [-0.3, -0.25) is 4.57 Å². The van der Waals surface area contributed by atoms with E-state index in [0.29, 0.717) is 11.5 Å². The van der Waals surface area contributed by atoms with E-state index < -0.39 is 0 Å². The molecule has 0 fully saturated rings. The summed E-state index contributed by atoms with van der Waals surface area (Å²) in [4.78, 5) is 11.0. The van der Waals surface area contributed by atoms with Gasteiger partial charge in [-0.15, -0.1) is 0 Å². The van der Waals surface area contributed by atoms with Gasteiger partial charge in [0.25, 0.3) is 0 Å². The van der Waals surface area contributed by atoms with Crippen molar-refractivity contribution in [3.8, 4) is 45.1 Å². The quantitative estimate of drug-likeness (QED) is 0.177. The van der Waals surface area contributed by atoms with E-state index in [1.165, 1.54) is 49.7 Å². The summed E-state index contributed by atoms with van der Waals surface area (Å²) in [6.45, 7) is 0. The number of aromatic nitrogens is 4. The Labute approximate surface area is 329 Å². The second kappa shape index (κ2) is 10.9. The van der Waals surface area contributed by atoms with Crippen LogP contribution in [0.15, 0.2) is 179 Å². The fourth-order valence-electron chi connectivity index (χ4n) is 9.97. The number of furan rings is 2. The van der Waals surface area contributed by atoms with Crippen LogP contribution in [0.4, 0.5) is 0 Å². The first kappa shape index (κ1) is 30.3. The molecule has 14 rings (SSSR count). The van der Waals surface area contributed by atoms with Gasteiger partial charge in [-0.05, 0) is 59.7 Å². The van der Waals surface area contributed by atoms with E-state index in [9.17, 15) is 0 Å². The molecule has 6 heteroatoms. The van der Waals surface area contributed by atoms with Crippen molar-refractivity contribution in [3.05, 3.63) is 170 Å². The Morgan fingerprint density at radius 3 is 1.86 bits per heavy atom. The van der Waals surface area contributed by atoms with Gasteiger partial charge in [0.15, 0.2) is 5.58 Å². The van der Waals surface area contributed by atoms with Gasteiger partial charge < -0.3 is 13.4 Å². The van der Waals surface area contributed by atoms with Gasteiger partial charge in [-0.25, -0.2) is 9.97 Å². The van der Waals surface area contributed by atoms with Crippen molar-refractivity contribution in [2.45, 2.75) is 0 Å². The van der Waals surface area contributed by atoms with Crippen molar-refractivity contribution in [2.75, 3.05) is 0 Å². The predicted octanol–water partition coefficient (Wildman–Crippen LogP) is 13.8. The maximum Gasteiger partial charge on any atom is 0.236 e. The molecule has 0 spiro atoms. The average molecular weight is 741 g/mol. The third kappa shape index (κ3) is 3.76. The van der Waals surface area contributed by atoms with Crippen LogP contribution in [0.25, 0.3) is 133 Å². The molecule has 6 nitrogen and oxygen atoms in total. The van der Waals surface area contributed by atoms with Crippen LogP contribution in [0.3, 0.4) is 0 Å². The van der Waals surface area contributed by atoms with Gasteiger partial charge in [0.2, 0.25) is 5.95 Å². The van der Waals surface area contributed by atoms with E-state index in [2.05, 4.69) is 137 Å². The zero-order chi connectivity index (χ0) is 37.6. The summed E-state index contributed by atoms with van der Waals surface area (Å²) in [5.41, 5.74) is 15.9. The number of hydrogen-bond donors (Lipinski definition) is 0. The van der Waals surface area contributed by atoms with Crippen LogP contribution in [0.1, 0.15) is 0 Å². The van der Waals surface area contributed by atoms with Gasteiger partial charge >= 0.3 is 0 Å². The van der Waals surface area contributed by atoms with Crippen molar-refractivity contribution in [1.82, 2.24) is 19.1 Å². The molecule has 0 unspecified atom stereocenters. The molecular weight excluding hydrogens is 713 g/mol. The lowest BCUT2D eigenvalue weighted by atomic mass is 9.91. The molecule has 1 aliphatic rings. The SMILES string of the molecule is c1ccc2c(c1)-c1ccccc1-n1c3ccccc3c3cc4c(c-2c31)c1ccccc1n4-c1nc(-c2cccc3oc4ccccc4c23)c2oc3ccccc3c2n1. The molecule has 268 valence electrons. The first-order valence-electron chi connectivity index (χ1n) is 19.6. The van der Waals surface area contributed by atoms with E-state index in [1.807, 2.05) is 42.5 Å². The van der Waals surface area contributed by atoms with E-state index in [-0.39, 0.29) is 0 Å². The van der Waals surface area contributed by atoms with E-state index >= 15 is 0 Å². The Morgan fingerprint density at radius 1 is 0.397 bits per heavy atom.